The highest BCUT2D eigenvalue weighted by Gasteiger charge is 2.02. The molecule has 0 aliphatic carbocycles. The van der Waals surface area contributed by atoms with Crippen LogP contribution in [0.5, 0.6) is 0 Å². The predicted octanol–water partition coefficient (Wildman–Crippen LogP) is 2.03. The van der Waals surface area contributed by atoms with Gasteiger partial charge in [-0.25, -0.2) is 4.98 Å². The second kappa shape index (κ2) is 3.46. The quantitative estimate of drug-likeness (QED) is 0.739. The number of hydrogen-bond acceptors (Lipinski definition) is 3. The smallest absolute Gasteiger partial charge is 0.131 e. The number of rotatable bonds is 1. The SMILES string of the molecule is Cc1ccc(-c2cccnc2)c(N)n1. The highest BCUT2D eigenvalue weighted by molar-refractivity contribution is 5.72. The van der Waals surface area contributed by atoms with Crippen LogP contribution >= 0.6 is 0 Å². The van der Waals surface area contributed by atoms with E-state index in [1.54, 1.807) is 12.4 Å². The van der Waals surface area contributed by atoms with E-state index in [0.29, 0.717) is 5.82 Å². The van der Waals surface area contributed by atoms with Crippen molar-refractivity contribution in [1.82, 2.24) is 9.97 Å². The van der Waals surface area contributed by atoms with Gasteiger partial charge < -0.3 is 5.73 Å². The molecule has 2 aromatic heterocycles. The van der Waals surface area contributed by atoms with Gasteiger partial charge in [-0.2, -0.15) is 0 Å². The summed E-state index contributed by atoms with van der Waals surface area (Å²) in [5.74, 6) is 0.554. The van der Waals surface area contributed by atoms with E-state index in [2.05, 4.69) is 9.97 Å². The summed E-state index contributed by atoms with van der Waals surface area (Å²) in [5.41, 5.74) is 8.67. The van der Waals surface area contributed by atoms with Crippen LogP contribution in [-0.4, -0.2) is 9.97 Å². The lowest BCUT2D eigenvalue weighted by Gasteiger charge is -2.04. The Hall–Kier alpha value is -1.90. The first-order valence-electron chi connectivity index (χ1n) is 4.41. The molecule has 0 amide bonds. The van der Waals surface area contributed by atoms with Crippen LogP contribution in [0.15, 0.2) is 36.7 Å². The van der Waals surface area contributed by atoms with E-state index in [-0.39, 0.29) is 0 Å². The molecule has 0 spiro atoms. The first-order chi connectivity index (χ1) is 6.77. The Morgan fingerprint density at radius 1 is 1.21 bits per heavy atom. The minimum Gasteiger partial charge on any atom is -0.383 e. The molecule has 0 fully saturated rings. The molecule has 3 nitrogen and oxygen atoms in total. The van der Waals surface area contributed by atoms with Crippen molar-refractivity contribution in [2.24, 2.45) is 0 Å². The third kappa shape index (κ3) is 1.57. The maximum Gasteiger partial charge on any atom is 0.131 e. The Balaban J connectivity index is 2.53. The number of nitrogens with zero attached hydrogens (tertiary/aromatic N) is 2. The number of hydrogen-bond donors (Lipinski definition) is 1. The molecule has 2 rings (SSSR count). The molecule has 2 N–H and O–H groups in total. The first kappa shape index (κ1) is 8.69. The van der Waals surface area contributed by atoms with Gasteiger partial charge in [0.25, 0.3) is 0 Å². The van der Waals surface area contributed by atoms with Gasteiger partial charge in [-0.15, -0.1) is 0 Å². The van der Waals surface area contributed by atoms with Crippen molar-refractivity contribution in [2.75, 3.05) is 5.73 Å². The largest absolute Gasteiger partial charge is 0.383 e. The van der Waals surface area contributed by atoms with Crippen molar-refractivity contribution < 1.29 is 0 Å². The molecule has 0 aromatic carbocycles. The fourth-order valence-corrected chi connectivity index (χ4v) is 1.34. The summed E-state index contributed by atoms with van der Waals surface area (Å²) in [7, 11) is 0. The minimum absolute atomic E-state index is 0.554. The van der Waals surface area contributed by atoms with E-state index < -0.39 is 0 Å². The highest BCUT2D eigenvalue weighted by Crippen LogP contribution is 2.23. The summed E-state index contributed by atoms with van der Waals surface area (Å²) in [5, 5.41) is 0. The van der Waals surface area contributed by atoms with Gasteiger partial charge in [0.15, 0.2) is 0 Å². The van der Waals surface area contributed by atoms with Crippen LogP contribution in [0.2, 0.25) is 0 Å². The summed E-state index contributed by atoms with van der Waals surface area (Å²) in [4.78, 5) is 8.24. The fraction of sp³-hybridized carbons (Fsp3) is 0.0909. The Morgan fingerprint density at radius 2 is 2.07 bits per heavy atom. The van der Waals surface area contributed by atoms with Crippen LogP contribution in [0.1, 0.15) is 5.69 Å². The molecule has 0 atom stereocenters. The number of nitrogen functional groups attached to an aromatic ring is 1. The zero-order chi connectivity index (χ0) is 9.97. The topological polar surface area (TPSA) is 51.8 Å². The summed E-state index contributed by atoms with van der Waals surface area (Å²) < 4.78 is 0. The van der Waals surface area contributed by atoms with E-state index >= 15 is 0 Å². The zero-order valence-electron chi connectivity index (χ0n) is 7.94. The zero-order valence-corrected chi connectivity index (χ0v) is 7.94. The Kier molecular flexibility index (Phi) is 2.14. The molecule has 0 saturated carbocycles. The van der Waals surface area contributed by atoms with Crippen LogP contribution in [-0.2, 0) is 0 Å². The van der Waals surface area contributed by atoms with E-state index in [4.69, 9.17) is 5.73 Å². The van der Waals surface area contributed by atoms with E-state index in [0.717, 1.165) is 16.8 Å². The normalized spacial score (nSPS) is 10.1. The van der Waals surface area contributed by atoms with E-state index in [1.807, 2.05) is 31.2 Å². The molecule has 3 heteroatoms. The summed E-state index contributed by atoms with van der Waals surface area (Å²) >= 11 is 0. The Labute approximate surface area is 82.6 Å². The highest BCUT2D eigenvalue weighted by atomic mass is 14.8. The van der Waals surface area contributed by atoms with Gasteiger partial charge >= 0.3 is 0 Å². The Morgan fingerprint density at radius 3 is 2.71 bits per heavy atom. The summed E-state index contributed by atoms with van der Waals surface area (Å²) in [6.07, 6.45) is 3.52. The maximum atomic E-state index is 5.81. The van der Waals surface area contributed by atoms with Crippen molar-refractivity contribution in [3.63, 3.8) is 0 Å². The van der Waals surface area contributed by atoms with E-state index in [9.17, 15) is 0 Å². The number of aryl methyl sites for hydroxylation is 1. The van der Waals surface area contributed by atoms with Gasteiger partial charge in [-0.3, -0.25) is 4.98 Å². The first-order valence-corrected chi connectivity index (χ1v) is 4.41. The number of anilines is 1. The molecule has 0 aliphatic rings. The molecule has 0 unspecified atom stereocenters. The third-order valence-corrected chi connectivity index (χ3v) is 2.04. The average molecular weight is 185 g/mol. The molecule has 2 aromatic rings. The lowest BCUT2D eigenvalue weighted by Crippen LogP contribution is -1.95. The molecule has 0 radical (unpaired) electrons. The maximum absolute atomic E-state index is 5.81. The van der Waals surface area contributed by atoms with Gasteiger partial charge in [0.05, 0.1) is 0 Å². The minimum atomic E-state index is 0.554. The van der Waals surface area contributed by atoms with Crippen LogP contribution in [0, 0.1) is 6.92 Å². The van der Waals surface area contributed by atoms with Crippen molar-refractivity contribution in [2.45, 2.75) is 6.92 Å². The molecule has 0 aliphatic heterocycles. The van der Waals surface area contributed by atoms with Gasteiger partial charge in [-0.1, -0.05) is 6.07 Å². The summed E-state index contributed by atoms with van der Waals surface area (Å²) in [6, 6.07) is 7.76. The van der Waals surface area contributed by atoms with Crippen LogP contribution in [0.25, 0.3) is 11.1 Å². The molecule has 70 valence electrons. The molecule has 0 saturated heterocycles. The van der Waals surface area contributed by atoms with Gasteiger partial charge in [0, 0.05) is 29.2 Å². The van der Waals surface area contributed by atoms with Gasteiger partial charge in [-0.05, 0) is 25.1 Å². The summed E-state index contributed by atoms with van der Waals surface area (Å²) in [6.45, 7) is 1.92. The van der Waals surface area contributed by atoms with Crippen LogP contribution in [0.3, 0.4) is 0 Å². The van der Waals surface area contributed by atoms with Crippen molar-refractivity contribution in [3.8, 4) is 11.1 Å². The molecule has 2 heterocycles. The van der Waals surface area contributed by atoms with Crippen molar-refractivity contribution in [1.29, 1.82) is 0 Å². The lowest BCUT2D eigenvalue weighted by atomic mass is 10.1. The number of nitrogens with two attached hydrogens (primary N) is 1. The second-order valence-electron chi connectivity index (χ2n) is 3.13. The predicted molar refractivity (Wildman–Crippen MR) is 56.6 cm³/mol. The van der Waals surface area contributed by atoms with E-state index in [1.165, 1.54) is 0 Å². The fourth-order valence-electron chi connectivity index (χ4n) is 1.34. The number of aromatic nitrogens is 2. The average Bonchev–Trinajstić information content (AvgIpc) is 2.19. The van der Waals surface area contributed by atoms with Crippen LogP contribution in [0.4, 0.5) is 5.82 Å². The van der Waals surface area contributed by atoms with Crippen molar-refractivity contribution in [3.05, 3.63) is 42.4 Å². The second-order valence-corrected chi connectivity index (χ2v) is 3.13. The Bertz CT molecular complexity index is 438. The molecular weight excluding hydrogens is 174 g/mol. The van der Waals surface area contributed by atoms with Crippen LogP contribution < -0.4 is 5.73 Å². The molecular formula is C11H11N3. The third-order valence-electron chi connectivity index (χ3n) is 2.04. The van der Waals surface area contributed by atoms with Crippen molar-refractivity contribution >= 4 is 5.82 Å². The molecule has 0 bridgehead atoms. The standard InChI is InChI=1S/C11H11N3/c1-8-4-5-10(11(12)14-8)9-3-2-6-13-7-9/h2-7H,1H3,(H2,12,14). The lowest BCUT2D eigenvalue weighted by molar-refractivity contribution is 1.21. The number of pyridine rings is 2. The molecule has 14 heavy (non-hydrogen) atoms. The van der Waals surface area contributed by atoms with Gasteiger partial charge in [0.2, 0.25) is 0 Å². The monoisotopic (exact) mass is 185 g/mol. The van der Waals surface area contributed by atoms with Gasteiger partial charge in [0.1, 0.15) is 5.82 Å².